The highest BCUT2D eigenvalue weighted by molar-refractivity contribution is 7.94. The molecule has 1 aromatic carbocycles. The molecule has 3 rings (SSSR count). The second-order valence-electron chi connectivity index (χ2n) is 6.87. The van der Waals surface area contributed by atoms with Gasteiger partial charge < -0.3 is 10.1 Å². The molecule has 6 nitrogen and oxygen atoms in total. The molecule has 0 unspecified atom stereocenters. The Bertz CT molecular complexity index is 873. The summed E-state index contributed by atoms with van der Waals surface area (Å²) in [5, 5.41) is 4.74. The number of thiophene rings is 1. The summed E-state index contributed by atoms with van der Waals surface area (Å²) in [6, 6.07) is 10.2. The SMILES string of the molecule is COc1ccccc1N(CC(=O)NC1CCCCCC1)S(=O)(=O)c1cccs1. The highest BCUT2D eigenvalue weighted by Gasteiger charge is 2.30. The summed E-state index contributed by atoms with van der Waals surface area (Å²) in [5.41, 5.74) is 0.356. The van der Waals surface area contributed by atoms with Crippen LogP contribution in [0, 0.1) is 0 Å². The van der Waals surface area contributed by atoms with E-state index in [0.29, 0.717) is 11.4 Å². The minimum Gasteiger partial charge on any atom is -0.495 e. The second-order valence-corrected chi connectivity index (χ2v) is 9.91. The zero-order valence-electron chi connectivity index (χ0n) is 16.0. The van der Waals surface area contributed by atoms with Gasteiger partial charge in [-0.25, -0.2) is 8.42 Å². The van der Waals surface area contributed by atoms with E-state index in [9.17, 15) is 13.2 Å². The lowest BCUT2D eigenvalue weighted by Gasteiger charge is -2.26. The highest BCUT2D eigenvalue weighted by atomic mass is 32.2. The third-order valence-electron chi connectivity index (χ3n) is 4.90. The molecule has 1 amide bonds. The molecule has 152 valence electrons. The number of hydrogen-bond donors (Lipinski definition) is 1. The molecule has 1 aliphatic rings. The quantitative estimate of drug-likeness (QED) is 0.689. The minimum absolute atomic E-state index is 0.110. The molecule has 1 saturated carbocycles. The average molecular weight is 423 g/mol. The van der Waals surface area contributed by atoms with Crippen LogP contribution in [0.1, 0.15) is 38.5 Å². The van der Waals surface area contributed by atoms with E-state index in [-0.39, 0.29) is 22.7 Å². The van der Waals surface area contributed by atoms with Crippen LogP contribution in [0.15, 0.2) is 46.0 Å². The third-order valence-corrected chi connectivity index (χ3v) is 8.03. The summed E-state index contributed by atoms with van der Waals surface area (Å²) in [6.07, 6.45) is 6.44. The number of ether oxygens (including phenoxy) is 1. The molecule has 2 aromatic rings. The standard InChI is InChI=1S/C20H26N2O4S2/c1-26-18-12-7-6-11-17(18)22(28(24,25)20-13-8-14-27-20)15-19(23)21-16-9-4-2-3-5-10-16/h6-8,11-14,16H,2-5,9-10,15H2,1H3,(H,21,23). The number of carbonyl (C=O) groups excluding carboxylic acids is 1. The number of nitrogens with zero attached hydrogens (tertiary/aromatic N) is 1. The normalized spacial score (nSPS) is 15.6. The Morgan fingerprint density at radius 1 is 1.14 bits per heavy atom. The van der Waals surface area contributed by atoms with Gasteiger partial charge in [-0.1, -0.05) is 43.9 Å². The van der Waals surface area contributed by atoms with Gasteiger partial charge in [-0.3, -0.25) is 9.10 Å². The maximum atomic E-state index is 13.2. The fourth-order valence-corrected chi connectivity index (χ4v) is 6.02. The van der Waals surface area contributed by atoms with Crippen LogP contribution >= 0.6 is 11.3 Å². The first-order valence-electron chi connectivity index (χ1n) is 9.51. The molecule has 1 fully saturated rings. The predicted molar refractivity (Wildman–Crippen MR) is 111 cm³/mol. The van der Waals surface area contributed by atoms with Crippen molar-refractivity contribution in [1.82, 2.24) is 5.32 Å². The Balaban J connectivity index is 1.87. The van der Waals surface area contributed by atoms with Crippen molar-refractivity contribution < 1.29 is 17.9 Å². The maximum Gasteiger partial charge on any atom is 0.274 e. The van der Waals surface area contributed by atoms with Crippen molar-refractivity contribution in [2.75, 3.05) is 18.0 Å². The van der Waals surface area contributed by atoms with Gasteiger partial charge in [0.05, 0.1) is 12.8 Å². The molecule has 0 aliphatic heterocycles. The number of amides is 1. The summed E-state index contributed by atoms with van der Waals surface area (Å²) in [6.45, 7) is -0.281. The van der Waals surface area contributed by atoms with Gasteiger partial charge in [-0.05, 0) is 36.4 Å². The van der Waals surface area contributed by atoms with E-state index >= 15 is 0 Å². The van der Waals surface area contributed by atoms with Crippen LogP contribution < -0.4 is 14.4 Å². The summed E-state index contributed by atoms with van der Waals surface area (Å²) >= 11 is 1.13. The fourth-order valence-electron chi connectivity index (χ4n) is 3.48. The summed E-state index contributed by atoms with van der Waals surface area (Å²) in [7, 11) is -2.39. The molecule has 1 aliphatic carbocycles. The number of nitrogens with one attached hydrogen (secondary N) is 1. The molecule has 0 saturated heterocycles. The van der Waals surface area contributed by atoms with Gasteiger partial charge in [0.1, 0.15) is 16.5 Å². The van der Waals surface area contributed by atoms with Gasteiger partial charge in [0.15, 0.2) is 0 Å². The molecular formula is C20H26N2O4S2. The monoisotopic (exact) mass is 422 g/mol. The number of anilines is 1. The lowest BCUT2D eigenvalue weighted by atomic mass is 10.1. The Labute approximate surface area is 170 Å². The highest BCUT2D eigenvalue weighted by Crippen LogP contribution is 2.33. The topological polar surface area (TPSA) is 75.7 Å². The number of para-hydroxylation sites is 2. The molecule has 1 heterocycles. The van der Waals surface area contributed by atoms with Gasteiger partial charge >= 0.3 is 0 Å². The van der Waals surface area contributed by atoms with Crippen molar-refractivity contribution >= 4 is 33.0 Å². The summed E-state index contributed by atoms with van der Waals surface area (Å²) in [5.74, 6) is 0.114. The van der Waals surface area contributed by atoms with Crippen LogP contribution in [-0.4, -0.2) is 34.0 Å². The van der Waals surface area contributed by atoms with Gasteiger partial charge in [-0.15, -0.1) is 11.3 Å². The Kier molecular flexibility index (Phi) is 6.96. The number of benzene rings is 1. The van der Waals surface area contributed by atoms with E-state index in [0.717, 1.165) is 41.3 Å². The smallest absolute Gasteiger partial charge is 0.274 e. The lowest BCUT2D eigenvalue weighted by molar-refractivity contribution is -0.120. The van der Waals surface area contributed by atoms with Crippen LogP contribution in [0.25, 0.3) is 0 Å². The van der Waals surface area contributed by atoms with Gasteiger partial charge in [0, 0.05) is 6.04 Å². The molecule has 1 N–H and O–H groups in total. The van der Waals surface area contributed by atoms with Crippen LogP contribution in [0.5, 0.6) is 5.75 Å². The van der Waals surface area contributed by atoms with Crippen molar-refractivity contribution in [1.29, 1.82) is 0 Å². The first-order chi connectivity index (χ1) is 13.5. The number of sulfonamides is 1. The average Bonchev–Trinajstić information content (AvgIpc) is 3.13. The first-order valence-corrected chi connectivity index (χ1v) is 11.8. The van der Waals surface area contributed by atoms with E-state index in [1.807, 2.05) is 0 Å². The van der Waals surface area contributed by atoms with Crippen LogP contribution in [0.4, 0.5) is 5.69 Å². The number of methoxy groups -OCH3 is 1. The molecule has 28 heavy (non-hydrogen) atoms. The molecule has 8 heteroatoms. The largest absolute Gasteiger partial charge is 0.495 e. The summed E-state index contributed by atoms with van der Waals surface area (Å²) < 4.78 is 33.2. The Morgan fingerprint density at radius 2 is 1.86 bits per heavy atom. The van der Waals surface area contributed by atoms with Gasteiger partial charge in [0.2, 0.25) is 5.91 Å². The van der Waals surface area contributed by atoms with Crippen molar-refractivity contribution in [3.8, 4) is 5.75 Å². The molecule has 0 atom stereocenters. The zero-order chi connectivity index (χ0) is 20.0. The van der Waals surface area contributed by atoms with E-state index < -0.39 is 10.0 Å². The van der Waals surface area contributed by atoms with E-state index in [1.165, 1.54) is 20.0 Å². The molecule has 0 radical (unpaired) electrons. The fraction of sp³-hybridized carbons (Fsp3) is 0.450. The van der Waals surface area contributed by atoms with Crippen molar-refractivity contribution in [3.05, 3.63) is 41.8 Å². The van der Waals surface area contributed by atoms with Crippen LogP contribution in [0.2, 0.25) is 0 Å². The predicted octanol–water partition coefficient (Wildman–Crippen LogP) is 3.79. The van der Waals surface area contributed by atoms with E-state index in [4.69, 9.17) is 4.74 Å². The molecule has 0 bridgehead atoms. The number of carbonyl (C=O) groups is 1. The zero-order valence-corrected chi connectivity index (χ0v) is 17.6. The van der Waals surface area contributed by atoms with Crippen molar-refractivity contribution in [2.45, 2.75) is 48.8 Å². The van der Waals surface area contributed by atoms with Crippen molar-refractivity contribution in [3.63, 3.8) is 0 Å². The number of rotatable bonds is 7. The minimum atomic E-state index is -3.88. The van der Waals surface area contributed by atoms with E-state index in [1.54, 1.807) is 41.8 Å². The summed E-state index contributed by atoms with van der Waals surface area (Å²) in [4.78, 5) is 12.8. The third kappa shape index (κ3) is 4.86. The maximum absolute atomic E-state index is 13.2. The van der Waals surface area contributed by atoms with Gasteiger partial charge in [-0.2, -0.15) is 0 Å². The Morgan fingerprint density at radius 3 is 2.50 bits per heavy atom. The van der Waals surface area contributed by atoms with Gasteiger partial charge in [0.25, 0.3) is 10.0 Å². The number of hydrogen-bond acceptors (Lipinski definition) is 5. The Hall–Kier alpha value is -2.06. The molecule has 1 aromatic heterocycles. The van der Waals surface area contributed by atoms with Crippen LogP contribution in [0.3, 0.4) is 0 Å². The molecule has 0 spiro atoms. The van der Waals surface area contributed by atoms with Crippen LogP contribution in [-0.2, 0) is 14.8 Å². The second kappa shape index (κ2) is 9.43. The lowest BCUT2D eigenvalue weighted by Crippen LogP contribution is -2.44. The van der Waals surface area contributed by atoms with E-state index in [2.05, 4.69) is 5.32 Å². The van der Waals surface area contributed by atoms with Crippen molar-refractivity contribution in [2.24, 2.45) is 0 Å². The first kappa shape index (κ1) is 20.7. The molecular weight excluding hydrogens is 396 g/mol.